The molecule has 2 saturated carbocycles. The van der Waals surface area contributed by atoms with E-state index in [0.29, 0.717) is 43.2 Å². The number of likely N-dealkylation sites (N-methyl/N-ethyl adjacent to an activating group) is 1. The normalized spacial score (nSPS) is 42.3. The summed E-state index contributed by atoms with van der Waals surface area (Å²) in [6.07, 6.45) is 2.98. The number of anilines is 1. The SMILES string of the molecule is CC[C@H]1CCC[C@H](O[C@H]2CC[C@H](N(C)C)C(C)O2)[C@@H](C)C(=O)C2=C[C@H]3[C@@H]4C[C@H](O[C@@H]5OC(C)[C@H](OC)C(OC)C5OC)C[C@H]4[C@@H](O)[C@H](Nc4ccc(C(C)=O)cc4)[C@H]3[C@@H]2CC(=O)O1. The number of aliphatic hydroxyl groups excluding tert-OH is 1. The number of nitrogens with zero attached hydrogens (tertiary/aromatic N) is 1. The maximum atomic E-state index is 15.2. The van der Waals surface area contributed by atoms with Crippen LogP contribution in [-0.4, -0.2) is 143 Å². The van der Waals surface area contributed by atoms with Gasteiger partial charge in [-0.2, -0.15) is 0 Å². The lowest BCUT2D eigenvalue weighted by atomic mass is 9.62. The molecule has 14 heteroatoms. The molecule has 0 aromatic heterocycles. The highest BCUT2D eigenvalue weighted by Gasteiger charge is 2.60. The fourth-order valence-electron chi connectivity index (χ4n) is 12.2. The quantitative estimate of drug-likeness (QED) is 0.187. The van der Waals surface area contributed by atoms with Gasteiger partial charge in [-0.25, -0.2) is 0 Å². The van der Waals surface area contributed by atoms with Gasteiger partial charge in [0, 0.05) is 50.5 Å². The van der Waals surface area contributed by atoms with Gasteiger partial charge in [0.05, 0.1) is 43.0 Å². The van der Waals surface area contributed by atoms with E-state index in [-0.39, 0.29) is 84.2 Å². The molecule has 7 rings (SSSR count). The molecule has 4 unspecified atom stereocenters. The predicted octanol–water partition coefficient (Wildman–Crippen LogP) is 5.98. The monoisotopic (exact) mass is 883 g/mol. The van der Waals surface area contributed by atoms with E-state index in [9.17, 15) is 14.7 Å². The third-order valence-corrected chi connectivity index (χ3v) is 15.5. The summed E-state index contributed by atoms with van der Waals surface area (Å²) in [6.45, 7) is 9.54. The molecule has 3 aliphatic heterocycles. The number of esters is 1. The van der Waals surface area contributed by atoms with Crippen molar-refractivity contribution in [3.05, 3.63) is 41.5 Å². The second kappa shape index (κ2) is 20.8. The predicted molar refractivity (Wildman–Crippen MR) is 235 cm³/mol. The number of Topliss-reactive ketones (excluding diaryl/α,β-unsaturated/α-hetero) is 2. The number of ketones is 2. The zero-order chi connectivity index (χ0) is 45.3. The maximum Gasteiger partial charge on any atom is 0.306 e. The molecule has 0 spiro atoms. The molecule has 19 atom stereocenters. The van der Waals surface area contributed by atoms with Crippen molar-refractivity contribution in [1.82, 2.24) is 4.90 Å². The van der Waals surface area contributed by atoms with Gasteiger partial charge < -0.3 is 53.2 Å². The molecule has 3 heterocycles. The number of nitrogens with one attached hydrogen (secondary N) is 1. The minimum atomic E-state index is -0.861. The van der Waals surface area contributed by atoms with Crippen LogP contribution in [0.25, 0.3) is 0 Å². The van der Waals surface area contributed by atoms with Crippen LogP contribution in [0.2, 0.25) is 0 Å². The Hall–Kier alpha value is -2.79. The molecule has 2 N–H and O–H groups in total. The zero-order valence-electron chi connectivity index (χ0n) is 39.1. The lowest BCUT2D eigenvalue weighted by Gasteiger charge is -2.47. The number of allylic oxidation sites excluding steroid dienone is 2. The van der Waals surface area contributed by atoms with Crippen LogP contribution < -0.4 is 5.32 Å². The van der Waals surface area contributed by atoms with Crippen LogP contribution in [0.1, 0.15) is 103 Å². The van der Waals surface area contributed by atoms with E-state index >= 15 is 4.79 Å². The molecule has 0 amide bonds. The molecule has 0 radical (unpaired) electrons. The molecule has 63 heavy (non-hydrogen) atoms. The van der Waals surface area contributed by atoms with Crippen molar-refractivity contribution >= 4 is 23.2 Å². The average molecular weight is 883 g/mol. The van der Waals surface area contributed by atoms with Crippen LogP contribution >= 0.6 is 0 Å². The fraction of sp³-hybridized carbons (Fsp3) is 0.776. The van der Waals surface area contributed by atoms with Crippen LogP contribution in [0.5, 0.6) is 0 Å². The molecule has 1 aromatic carbocycles. The number of ether oxygens (including phenoxy) is 8. The number of hydrogen-bond acceptors (Lipinski definition) is 14. The Balaban J connectivity index is 1.22. The van der Waals surface area contributed by atoms with Crippen LogP contribution in [0.15, 0.2) is 35.9 Å². The van der Waals surface area contributed by atoms with E-state index in [4.69, 9.17) is 37.9 Å². The van der Waals surface area contributed by atoms with Gasteiger partial charge in [0.15, 0.2) is 24.1 Å². The highest BCUT2D eigenvalue weighted by Crippen LogP contribution is 2.57. The molecule has 5 fully saturated rings. The van der Waals surface area contributed by atoms with Crippen molar-refractivity contribution in [2.24, 2.45) is 35.5 Å². The number of hydrogen-bond donors (Lipinski definition) is 2. The first-order chi connectivity index (χ1) is 30.2. The summed E-state index contributed by atoms with van der Waals surface area (Å²) in [5.74, 6) is -2.22. The van der Waals surface area contributed by atoms with Crippen molar-refractivity contribution in [2.75, 3.05) is 40.7 Å². The lowest BCUT2D eigenvalue weighted by Crippen LogP contribution is -2.59. The highest BCUT2D eigenvalue weighted by atomic mass is 16.7. The topological polar surface area (TPSA) is 161 Å². The highest BCUT2D eigenvalue weighted by molar-refractivity contribution is 5.99. The Kier molecular flexibility index (Phi) is 15.9. The maximum absolute atomic E-state index is 15.2. The summed E-state index contributed by atoms with van der Waals surface area (Å²) in [6, 6.07) is 6.99. The van der Waals surface area contributed by atoms with E-state index in [2.05, 4.69) is 37.3 Å². The molecular weight excluding hydrogens is 809 g/mol. The van der Waals surface area contributed by atoms with Crippen LogP contribution in [0.3, 0.4) is 0 Å². The molecule has 0 bridgehead atoms. The number of carbonyl (C=O) groups excluding carboxylic acids is 3. The summed E-state index contributed by atoms with van der Waals surface area (Å²) >= 11 is 0. The number of benzene rings is 1. The fourth-order valence-corrected chi connectivity index (χ4v) is 12.2. The number of cyclic esters (lactones) is 1. The van der Waals surface area contributed by atoms with E-state index in [1.54, 1.807) is 33.5 Å². The van der Waals surface area contributed by atoms with E-state index in [1.807, 2.05) is 32.9 Å². The van der Waals surface area contributed by atoms with Crippen molar-refractivity contribution < 1.29 is 57.4 Å². The van der Waals surface area contributed by atoms with E-state index in [0.717, 1.165) is 24.9 Å². The molecular formula is C49H74N2O12. The van der Waals surface area contributed by atoms with Gasteiger partial charge in [-0.1, -0.05) is 19.9 Å². The van der Waals surface area contributed by atoms with Crippen molar-refractivity contribution in [2.45, 2.75) is 172 Å². The Bertz CT molecular complexity index is 1760. The standard InChI is InChI=1S/C49H74N2O12/c1-11-31-13-12-14-39(63-41-20-19-38(51(6)7)27(4)59-41)25(2)44(54)37-23-34-33-21-32(62-49-48(58-10)47(57-9)46(56-8)28(5)60-49)22-36(33)45(55)43(42(34)35(37)24-40(53)61-31)50-30-17-15-29(16-18-30)26(3)52/h15-18,23,25,27-28,31-36,38-39,41-43,45-50,55H,11-14,19-22,24H2,1-10H3/t25-,27?,28?,31+,32+,33+,34+,35-,36-,38+,39+,41+,42-,43-,45-,46+,47?,48?,49+/m1/s1. The van der Waals surface area contributed by atoms with Crippen molar-refractivity contribution in [3.8, 4) is 0 Å². The van der Waals surface area contributed by atoms with Crippen LogP contribution in [0.4, 0.5) is 5.69 Å². The van der Waals surface area contributed by atoms with Gasteiger partial charge in [0.2, 0.25) is 0 Å². The number of rotatable bonds is 12. The van der Waals surface area contributed by atoms with Gasteiger partial charge in [0.1, 0.15) is 24.4 Å². The summed E-state index contributed by atoms with van der Waals surface area (Å²) in [5, 5.41) is 16.3. The number of carbonyl (C=O) groups is 3. The first-order valence-electron chi connectivity index (χ1n) is 23.5. The van der Waals surface area contributed by atoms with Gasteiger partial charge in [-0.3, -0.25) is 14.4 Å². The third-order valence-electron chi connectivity index (χ3n) is 15.5. The minimum Gasteiger partial charge on any atom is -0.462 e. The number of fused-ring (bicyclic) bond motifs is 5. The summed E-state index contributed by atoms with van der Waals surface area (Å²) in [5.41, 5.74) is 1.93. The summed E-state index contributed by atoms with van der Waals surface area (Å²) < 4.78 is 50.2. The first kappa shape index (κ1) is 48.2. The number of methoxy groups -OCH3 is 3. The van der Waals surface area contributed by atoms with Crippen LogP contribution in [-0.2, 0) is 47.5 Å². The summed E-state index contributed by atoms with van der Waals surface area (Å²) in [7, 11) is 9.00. The second-order valence-corrected chi connectivity index (χ2v) is 19.4. The van der Waals surface area contributed by atoms with E-state index in [1.165, 1.54) is 6.92 Å². The van der Waals surface area contributed by atoms with E-state index < -0.39 is 54.9 Å². The largest absolute Gasteiger partial charge is 0.462 e. The summed E-state index contributed by atoms with van der Waals surface area (Å²) in [4.78, 5) is 43.7. The third kappa shape index (κ3) is 10.1. The second-order valence-electron chi connectivity index (χ2n) is 19.4. The minimum absolute atomic E-state index is 0.0105. The van der Waals surface area contributed by atoms with Gasteiger partial charge >= 0.3 is 5.97 Å². The van der Waals surface area contributed by atoms with Gasteiger partial charge in [-0.15, -0.1) is 0 Å². The lowest BCUT2D eigenvalue weighted by molar-refractivity contribution is -0.314. The molecule has 1 aromatic rings. The molecule has 352 valence electrons. The average Bonchev–Trinajstić information content (AvgIpc) is 3.85. The molecule has 6 aliphatic rings. The Morgan fingerprint density at radius 1 is 0.873 bits per heavy atom. The first-order valence-corrected chi connectivity index (χ1v) is 23.5. The van der Waals surface area contributed by atoms with Gasteiger partial charge in [-0.05, 0) is 140 Å². The molecule has 3 aliphatic carbocycles. The van der Waals surface area contributed by atoms with Gasteiger partial charge in [0.25, 0.3) is 0 Å². The smallest absolute Gasteiger partial charge is 0.306 e. The van der Waals surface area contributed by atoms with Crippen LogP contribution in [0, 0.1) is 35.5 Å². The molecule has 14 nitrogen and oxygen atoms in total. The Labute approximate surface area is 374 Å². The van der Waals surface area contributed by atoms with Crippen molar-refractivity contribution in [3.63, 3.8) is 0 Å². The number of aliphatic hydroxyl groups is 1. The zero-order valence-corrected chi connectivity index (χ0v) is 39.1. The Morgan fingerprint density at radius 2 is 1.57 bits per heavy atom. The Morgan fingerprint density at radius 3 is 2.21 bits per heavy atom. The van der Waals surface area contributed by atoms with Crippen molar-refractivity contribution in [1.29, 1.82) is 0 Å². The molecule has 3 saturated heterocycles.